The standard InChI is InChI=1S/C12H20N4O/c1-8-6-10(4-5-13-8)16-11-9(2)12(17-3)15-7-14-11/h7-8,10,13H,4-6H2,1-3H3,(H,14,15,16). The minimum atomic E-state index is 0.476. The van der Waals surface area contributed by atoms with Gasteiger partial charge in [-0.1, -0.05) is 0 Å². The first kappa shape index (κ1) is 12.1. The minimum Gasteiger partial charge on any atom is -0.481 e. The van der Waals surface area contributed by atoms with Gasteiger partial charge in [-0.05, 0) is 33.2 Å². The van der Waals surface area contributed by atoms with Gasteiger partial charge in [-0.15, -0.1) is 0 Å². The fraction of sp³-hybridized carbons (Fsp3) is 0.667. The van der Waals surface area contributed by atoms with E-state index >= 15 is 0 Å². The molecular formula is C12H20N4O. The molecule has 1 saturated heterocycles. The summed E-state index contributed by atoms with van der Waals surface area (Å²) in [5, 5.41) is 6.92. The Bertz CT molecular complexity index is 383. The largest absolute Gasteiger partial charge is 0.481 e. The Morgan fingerprint density at radius 3 is 3.00 bits per heavy atom. The predicted molar refractivity (Wildman–Crippen MR) is 67.4 cm³/mol. The molecule has 5 heteroatoms. The minimum absolute atomic E-state index is 0.476. The second-order valence-corrected chi connectivity index (χ2v) is 4.58. The maximum atomic E-state index is 5.19. The molecule has 2 unspecified atom stereocenters. The lowest BCUT2D eigenvalue weighted by molar-refractivity contribution is 0.389. The Kier molecular flexibility index (Phi) is 3.78. The van der Waals surface area contributed by atoms with Crippen molar-refractivity contribution in [1.29, 1.82) is 0 Å². The molecule has 2 atom stereocenters. The van der Waals surface area contributed by atoms with Crippen LogP contribution < -0.4 is 15.4 Å². The maximum Gasteiger partial charge on any atom is 0.221 e. The summed E-state index contributed by atoms with van der Waals surface area (Å²) < 4.78 is 5.19. The highest BCUT2D eigenvalue weighted by Crippen LogP contribution is 2.22. The van der Waals surface area contributed by atoms with Crippen LogP contribution in [0.25, 0.3) is 0 Å². The summed E-state index contributed by atoms with van der Waals surface area (Å²) in [5.41, 5.74) is 0.973. The van der Waals surface area contributed by atoms with Crippen LogP contribution in [0.3, 0.4) is 0 Å². The molecule has 94 valence electrons. The average molecular weight is 236 g/mol. The smallest absolute Gasteiger partial charge is 0.221 e. The van der Waals surface area contributed by atoms with E-state index in [0.29, 0.717) is 18.0 Å². The van der Waals surface area contributed by atoms with E-state index in [9.17, 15) is 0 Å². The first-order valence-electron chi connectivity index (χ1n) is 6.06. The number of ether oxygens (including phenoxy) is 1. The van der Waals surface area contributed by atoms with Crippen molar-refractivity contribution < 1.29 is 4.74 Å². The molecule has 17 heavy (non-hydrogen) atoms. The molecule has 0 bridgehead atoms. The van der Waals surface area contributed by atoms with Crippen molar-refractivity contribution in [1.82, 2.24) is 15.3 Å². The molecule has 1 fully saturated rings. The first-order chi connectivity index (χ1) is 8.20. The van der Waals surface area contributed by atoms with Gasteiger partial charge in [0.2, 0.25) is 5.88 Å². The van der Waals surface area contributed by atoms with Gasteiger partial charge in [-0.3, -0.25) is 0 Å². The second kappa shape index (κ2) is 5.31. The van der Waals surface area contributed by atoms with Gasteiger partial charge in [-0.25, -0.2) is 9.97 Å². The van der Waals surface area contributed by atoms with Crippen molar-refractivity contribution in [2.45, 2.75) is 38.8 Å². The molecule has 0 radical (unpaired) electrons. The molecule has 0 aromatic carbocycles. The summed E-state index contributed by atoms with van der Waals surface area (Å²) in [6, 6.07) is 1.04. The normalized spacial score (nSPS) is 24.4. The quantitative estimate of drug-likeness (QED) is 0.829. The van der Waals surface area contributed by atoms with Gasteiger partial charge in [-0.2, -0.15) is 0 Å². The molecule has 0 aliphatic carbocycles. The van der Waals surface area contributed by atoms with Gasteiger partial charge < -0.3 is 15.4 Å². The molecule has 2 rings (SSSR count). The van der Waals surface area contributed by atoms with Crippen LogP contribution in [-0.4, -0.2) is 35.7 Å². The third-order valence-electron chi connectivity index (χ3n) is 3.20. The molecule has 0 amide bonds. The third-order valence-corrected chi connectivity index (χ3v) is 3.20. The van der Waals surface area contributed by atoms with Crippen molar-refractivity contribution in [2.24, 2.45) is 0 Å². The van der Waals surface area contributed by atoms with E-state index in [1.807, 2.05) is 6.92 Å². The molecule has 1 aliphatic rings. The summed E-state index contributed by atoms with van der Waals surface area (Å²) in [4.78, 5) is 8.36. The van der Waals surface area contributed by atoms with E-state index in [1.54, 1.807) is 13.4 Å². The second-order valence-electron chi connectivity index (χ2n) is 4.58. The highest BCUT2D eigenvalue weighted by atomic mass is 16.5. The molecule has 5 nitrogen and oxygen atoms in total. The first-order valence-corrected chi connectivity index (χ1v) is 6.06. The van der Waals surface area contributed by atoms with Crippen LogP contribution in [0.15, 0.2) is 6.33 Å². The lowest BCUT2D eigenvalue weighted by Crippen LogP contribution is -2.41. The van der Waals surface area contributed by atoms with Crippen LogP contribution >= 0.6 is 0 Å². The van der Waals surface area contributed by atoms with E-state index < -0.39 is 0 Å². The monoisotopic (exact) mass is 236 g/mol. The van der Waals surface area contributed by atoms with Crippen LogP contribution in [0.1, 0.15) is 25.3 Å². The van der Waals surface area contributed by atoms with Crippen LogP contribution in [-0.2, 0) is 0 Å². The number of nitrogens with one attached hydrogen (secondary N) is 2. The molecule has 1 aromatic rings. The van der Waals surface area contributed by atoms with Gasteiger partial charge in [0.05, 0.1) is 12.7 Å². The molecule has 2 N–H and O–H groups in total. The Labute approximate surface area is 102 Å². The molecule has 0 saturated carbocycles. The Morgan fingerprint density at radius 2 is 2.29 bits per heavy atom. The van der Waals surface area contributed by atoms with Crippen molar-refractivity contribution >= 4 is 5.82 Å². The topological polar surface area (TPSA) is 59.1 Å². The number of hydrogen-bond acceptors (Lipinski definition) is 5. The molecule has 0 spiro atoms. The number of hydrogen-bond donors (Lipinski definition) is 2. The van der Waals surface area contributed by atoms with Crippen LogP contribution in [0, 0.1) is 6.92 Å². The average Bonchev–Trinajstić information content (AvgIpc) is 2.32. The Balaban J connectivity index is 2.07. The lowest BCUT2D eigenvalue weighted by Gasteiger charge is -2.29. The van der Waals surface area contributed by atoms with Crippen LogP contribution in [0.5, 0.6) is 5.88 Å². The fourth-order valence-corrected chi connectivity index (χ4v) is 2.24. The zero-order valence-corrected chi connectivity index (χ0v) is 10.7. The lowest BCUT2D eigenvalue weighted by atomic mass is 10.0. The summed E-state index contributed by atoms with van der Waals surface area (Å²) in [6.07, 6.45) is 3.78. The highest BCUT2D eigenvalue weighted by molar-refractivity contribution is 5.48. The van der Waals surface area contributed by atoms with E-state index in [1.165, 1.54) is 0 Å². The van der Waals surface area contributed by atoms with Crippen LogP contribution in [0.4, 0.5) is 5.82 Å². The Hall–Kier alpha value is -1.36. The number of aromatic nitrogens is 2. The SMILES string of the molecule is COc1ncnc(NC2CCNC(C)C2)c1C. The van der Waals surface area contributed by atoms with E-state index in [2.05, 4.69) is 27.5 Å². The fourth-order valence-electron chi connectivity index (χ4n) is 2.24. The number of rotatable bonds is 3. The van der Waals surface area contributed by atoms with E-state index in [4.69, 9.17) is 4.74 Å². The van der Waals surface area contributed by atoms with Crippen molar-refractivity contribution in [2.75, 3.05) is 19.0 Å². The van der Waals surface area contributed by atoms with Gasteiger partial charge in [0, 0.05) is 12.1 Å². The van der Waals surface area contributed by atoms with E-state index in [-0.39, 0.29) is 0 Å². The maximum absolute atomic E-state index is 5.19. The van der Waals surface area contributed by atoms with Gasteiger partial charge >= 0.3 is 0 Å². The molecule has 1 aromatic heterocycles. The number of piperidine rings is 1. The van der Waals surface area contributed by atoms with Gasteiger partial charge in [0.15, 0.2) is 0 Å². The van der Waals surface area contributed by atoms with Gasteiger partial charge in [0.25, 0.3) is 0 Å². The molecule has 1 aliphatic heterocycles. The van der Waals surface area contributed by atoms with E-state index in [0.717, 1.165) is 30.8 Å². The number of methoxy groups -OCH3 is 1. The summed E-state index contributed by atoms with van der Waals surface area (Å²) in [6.45, 7) is 5.24. The van der Waals surface area contributed by atoms with Crippen molar-refractivity contribution in [3.8, 4) is 5.88 Å². The van der Waals surface area contributed by atoms with Gasteiger partial charge in [0.1, 0.15) is 12.1 Å². The third kappa shape index (κ3) is 2.85. The number of nitrogens with zero attached hydrogens (tertiary/aromatic N) is 2. The summed E-state index contributed by atoms with van der Waals surface area (Å²) in [5.74, 6) is 1.53. The number of anilines is 1. The summed E-state index contributed by atoms with van der Waals surface area (Å²) in [7, 11) is 1.63. The Morgan fingerprint density at radius 1 is 1.47 bits per heavy atom. The molecular weight excluding hydrogens is 216 g/mol. The zero-order valence-electron chi connectivity index (χ0n) is 10.7. The van der Waals surface area contributed by atoms with Crippen LogP contribution in [0.2, 0.25) is 0 Å². The zero-order chi connectivity index (χ0) is 12.3. The van der Waals surface area contributed by atoms with Crippen molar-refractivity contribution in [3.05, 3.63) is 11.9 Å². The highest BCUT2D eigenvalue weighted by Gasteiger charge is 2.19. The predicted octanol–water partition coefficient (Wildman–Crippen LogP) is 1.35. The van der Waals surface area contributed by atoms with Crippen molar-refractivity contribution in [3.63, 3.8) is 0 Å². The summed E-state index contributed by atoms with van der Waals surface area (Å²) >= 11 is 0. The molecule has 2 heterocycles.